The van der Waals surface area contributed by atoms with Gasteiger partial charge in [0.25, 0.3) is 0 Å². The highest BCUT2D eigenvalue weighted by Gasteiger charge is 2.12. The lowest BCUT2D eigenvalue weighted by Gasteiger charge is -2.22. The summed E-state index contributed by atoms with van der Waals surface area (Å²) in [6.07, 6.45) is 11.9. The van der Waals surface area contributed by atoms with Crippen molar-refractivity contribution in [2.45, 2.75) is 90.1 Å². The van der Waals surface area contributed by atoms with E-state index in [1.807, 2.05) is 11.8 Å². The van der Waals surface area contributed by atoms with Gasteiger partial charge in [-0.15, -0.1) is 0 Å². The standard InChI is InChI=1S/C19H41N3O2/c1-2-18(23)12-7-5-3-4-6-8-13-19(24)22(17-11-15-21)16-10-9-14-20/h18,23H,2-17,20-21H2,1H3. The van der Waals surface area contributed by atoms with Gasteiger partial charge >= 0.3 is 0 Å². The van der Waals surface area contributed by atoms with Gasteiger partial charge in [0.15, 0.2) is 0 Å². The van der Waals surface area contributed by atoms with E-state index in [4.69, 9.17) is 11.5 Å². The van der Waals surface area contributed by atoms with Crippen molar-refractivity contribution in [1.29, 1.82) is 0 Å². The Bertz CT molecular complexity index is 288. The molecule has 0 aromatic heterocycles. The average molecular weight is 344 g/mol. The second-order valence-corrected chi connectivity index (χ2v) is 6.74. The lowest BCUT2D eigenvalue weighted by Crippen LogP contribution is -2.34. The predicted molar refractivity (Wildman–Crippen MR) is 102 cm³/mol. The van der Waals surface area contributed by atoms with Crippen LogP contribution in [-0.2, 0) is 4.79 Å². The van der Waals surface area contributed by atoms with Gasteiger partial charge in [0, 0.05) is 19.5 Å². The Kier molecular flexibility index (Phi) is 16.7. The van der Waals surface area contributed by atoms with Gasteiger partial charge in [0.2, 0.25) is 5.91 Å². The Morgan fingerprint density at radius 1 is 0.875 bits per heavy atom. The Hall–Kier alpha value is -0.650. The van der Waals surface area contributed by atoms with E-state index in [9.17, 15) is 9.90 Å². The van der Waals surface area contributed by atoms with Crippen LogP contribution >= 0.6 is 0 Å². The fourth-order valence-corrected chi connectivity index (χ4v) is 2.82. The van der Waals surface area contributed by atoms with Gasteiger partial charge in [0.1, 0.15) is 0 Å². The Morgan fingerprint density at radius 3 is 2.08 bits per heavy atom. The first-order valence-corrected chi connectivity index (χ1v) is 10.0. The van der Waals surface area contributed by atoms with Crippen LogP contribution in [0.5, 0.6) is 0 Å². The predicted octanol–water partition coefficient (Wildman–Crippen LogP) is 2.79. The number of amides is 1. The molecule has 0 heterocycles. The number of nitrogens with two attached hydrogens (primary N) is 2. The Balaban J connectivity index is 3.70. The van der Waals surface area contributed by atoms with E-state index >= 15 is 0 Å². The number of hydrogen-bond acceptors (Lipinski definition) is 4. The van der Waals surface area contributed by atoms with E-state index in [2.05, 4.69) is 0 Å². The van der Waals surface area contributed by atoms with E-state index in [-0.39, 0.29) is 12.0 Å². The zero-order valence-corrected chi connectivity index (χ0v) is 15.8. The molecule has 24 heavy (non-hydrogen) atoms. The van der Waals surface area contributed by atoms with Crippen LogP contribution in [0.1, 0.15) is 84.0 Å². The molecule has 5 N–H and O–H groups in total. The SMILES string of the molecule is CCC(O)CCCCCCCCC(=O)N(CCCN)CCCCN. The van der Waals surface area contributed by atoms with Crippen LogP contribution in [0.2, 0.25) is 0 Å². The van der Waals surface area contributed by atoms with Gasteiger partial charge in [0.05, 0.1) is 6.10 Å². The number of carbonyl (C=O) groups excluding carboxylic acids is 1. The van der Waals surface area contributed by atoms with Crippen molar-refractivity contribution in [3.63, 3.8) is 0 Å². The molecule has 0 aliphatic heterocycles. The zero-order chi connectivity index (χ0) is 18.0. The number of hydrogen-bond donors (Lipinski definition) is 3. The Morgan fingerprint density at radius 2 is 1.46 bits per heavy atom. The maximum Gasteiger partial charge on any atom is 0.222 e. The average Bonchev–Trinajstić information content (AvgIpc) is 2.59. The van der Waals surface area contributed by atoms with E-state index in [1.54, 1.807) is 0 Å². The summed E-state index contributed by atoms with van der Waals surface area (Å²) in [5, 5.41) is 9.49. The van der Waals surface area contributed by atoms with Crippen LogP contribution in [0.25, 0.3) is 0 Å². The first-order valence-electron chi connectivity index (χ1n) is 10.0. The molecule has 0 radical (unpaired) electrons. The highest BCUT2D eigenvalue weighted by molar-refractivity contribution is 5.76. The molecule has 0 aromatic carbocycles. The normalized spacial score (nSPS) is 12.3. The molecule has 0 fully saturated rings. The highest BCUT2D eigenvalue weighted by atomic mass is 16.3. The van der Waals surface area contributed by atoms with Crippen molar-refractivity contribution in [1.82, 2.24) is 4.90 Å². The van der Waals surface area contributed by atoms with Crippen LogP contribution in [0.3, 0.4) is 0 Å². The number of nitrogens with zero attached hydrogens (tertiary/aromatic N) is 1. The molecule has 144 valence electrons. The molecule has 1 unspecified atom stereocenters. The molecule has 1 amide bonds. The maximum absolute atomic E-state index is 12.3. The van der Waals surface area contributed by atoms with Crippen LogP contribution in [0, 0.1) is 0 Å². The minimum absolute atomic E-state index is 0.124. The third kappa shape index (κ3) is 13.8. The summed E-state index contributed by atoms with van der Waals surface area (Å²) in [4.78, 5) is 14.3. The molecule has 0 aromatic rings. The van der Waals surface area contributed by atoms with Gasteiger partial charge in [-0.1, -0.05) is 39.0 Å². The quantitative estimate of drug-likeness (QED) is 0.354. The minimum Gasteiger partial charge on any atom is -0.393 e. The van der Waals surface area contributed by atoms with E-state index in [0.717, 1.165) is 64.5 Å². The van der Waals surface area contributed by atoms with Gasteiger partial charge in [-0.05, 0) is 51.6 Å². The van der Waals surface area contributed by atoms with Crippen LogP contribution in [0.15, 0.2) is 0 Å². The lowest BCUT2D eigenvalue weighted by molar-refractivity contribution is -0.131. The highest BCUT2D eigenvalue weighted by Crippen LogP contribution is 2.12. The molecule has 0 saturated heterocycles. The summed E-state index contributed by atoms with van der Waals surface area (Å²) in [7, 11) is 0. The third-order valence-corrected chi connectivity index (χ3v) is 4.52. The van der Waals surface area contributed by atoms with Crippen molar-refractivity contribution in [2.75, 3.05) is 26.2 Å². The molecular weight excluding hydrogens is 302 g/mol. The molecular formula is C19H41N3O2. The van der Waals surface area contributed by atoms with Crippen molar-refractivity contribution >= 4 is 5.91 Å². The number of rotatable bonds is 17. The monoisotopic (exact) mass is 343 g/mol. The third-order valence-electron chi connectivity index (χ3n) is 4.52. The number of carbonyl (C=O) groups is 1. The fraction of sp³-hybridized carbons (Fsp3) is 0.947. The van der Waals surface area contributed by atoms with E-state index in [0.29, 0.717) is 19.5 Å². The summed E-state index contributed by atoms with van der Waals surface area (Å²) >= 11 is 0. The topological polar surface area (TPSA) is 92.6 Å². The van der Waals surface area contributed by atoms with Crippen LogP contribution in [0.4, 0.5) is 0 Å². The number of unbranched alkanes of at least 4 members (excludes halogenated alkanes) is 6. The lowest BCUT2D eigenvalue weighted by atomic mass is 10.0. The van der Waals surface area contributed by atoms with Gasteiger partial charge in [-0.2, -0.15) is 0 Å². The second-order valence-electron chi connectivity index (χ2n) is 6.74. The summed E-state index contributed by atoms with van der Waals surface area (Å²) in [5.41, 5.74) is 11.1. The molecule has 0 aliphatic carbocycles. The summed E-state index contributed by atoms with van der Waals surface area (Å²) < 4.78 is 0. The van der Waals surface area contributed by atoms with E-state index in [1.165, 1.54) is 19.3 Å². The molecule has 5 heteroatoms. The van der Waals surface area contributed by atoms with Crippen molar-refractivity contribution in [3.8, 4) is 0 Å². The molecule has 0 spiro atoms. The molecule has 0 rings (SSSR count). The zero-order valence-electron chi connectivity index (χ0n) is 15.8. The smallest absolute Gasteiger partial charge is 0.222 e. The number of aliphatic hydroxyl groups excluding tert-OH is 1. The number of aliphatic hydroxyl groups is 1. The van der Waals surface area contributed by atoms with Gasteiger partial charge < -0.3 is 21.5 Å². The molecule has 1 atom stereocenters. The fourth-order valence-electron chi connectivity index (χ4n) is 2.82. The second kappa shape index (κ2) is 17.2. The van der Waals surface area contributed by atoms with Gasteiger partial charge in [-0.25, -0.2) is 0 Å². The van der Waals surface area contributed by atoms with E-state index < -0.39 is 0 Å². The Labute approximate surface area is 149 Å². The molecule has 5 nitrogen and oxygen atoms in total. The van der Waals surface area contributed by atoms with Gasteiger partial charge in [-0.3, -0.25) is 4.79 Å². The molecule has 0 saturated carbocycles. The van der Waals surface area contributed by atoms with Crippen LogP contribution < -0.4 is 11.5 Å². The van der Waals surface area contributed by atoms with Crippen molar-refractivity contribution in [2.24, 2.45) is 11.5 Å². The molecule has 0 aliphatic rings. The minimum atomic E-state index is -0.124. The van der Waals surface area contributed by atoms with Crippen LogP contribution in [-0.4, -0.2) is 48.2 Å². The van der Waals surface area contributed by atoms with Crippen molar-refractivity contribution in [3.05, 3.63) is 0 Å². The maximum atomic E-state index is 12.3. The van der Waals surface area contributed by atoms with Crippen molar-refractivity contribution < 1.29 is 9.90 Å². The molecule has 0 bridgehead atoms. The summed E-state index contributed by atoms with van der Waals surface area (Å²) in [6.45, 7) is 4.94. The summed E-state index contributed by atoms with van der Waals surface area (Å²) in [6, 6.07) is 0. The summed E-state index contributed by atoms with van der Waals surface area (Å²) in [5.74, 6) is 0.270. The largest absolute Gasteiger partial charge is 0.393 e. The first kappa shape index (κ1) is 23.4. The first-order chi connectivity index (χ1) is 11.7.